The Kier molecular flexibility index (Phi) is 3.95. The Morgan fingerprint density at radius 1 is 1.38 bits per heavy atom. The lowest BCUT2D eigenvalue weighted by Gasteiger charge is -2.10. The molecule has 1 heterocycles. The minimum absolute atomic E-state index is 0.0170. The SMILES string of the molecule is CCc1c(Cl)[nH]c(=O)n(-c2ccc([N+](=O)[O-])cc2C)c1=O. The highest BCUT2D eigenvalue weighted by Gasteiger charge is 2.16. The second kappa shape index (κ2) is 5.53. The van der Waals surface area contributed by atoms with Crippen molar-refractivity contribution in [3.8, 4) is 5.69 Å². The van der Waals surface area contributed by atoms with Gasteiger partial charge < -0.3 is 0 Å². The fourth-order valence-corrected chi connectivity index (χ4v) is 2.37. The largest absolute Gasteiger partial charge is 0.334 e. The molecule has 7 nitrogen and oxygen atoms in total. The van der Waals surface area contributed by atoms with Gasteiger partial charge in [-0.15, -0.1) is 0 Å². The zero-order valence-corrected chi connectivity index (χ0v) is 12.1. The maximum absolute atomic E-state index is 12.3. The summed E-state index contributed by atoms with van der Waals surface area (Å²) in [5.41, 5.74) is -0.291. The van der Waals surface area contributed by atoms with E-state index in [1.807, 2.05) is 0 Å². The second-order valence-electron chi connectivity index (χ2n) is 4.44. The fourth-order valence-electron chi connectivity index (χ4n) is 2.08. The Bertz CT molecular complexity index is 838. The molecule has 1 aromatic heterocycles. The number of aryl methyl sites for hydroxylation is 1. The van der Waals surface area contributed by atoms with Gasteiger partial charge >= 0.3 is 5.69 Å². The van der Waals surface area contributed by atoms with Crippen molar-refractivity contribution >= 4 is 17.3 Å². The topological polar surface area (TPSA) is 98.0 Å². The lowest BCUT2D eigenvalue weighted by molar-refractivity contribution is -0.384. The van der Waals surface area contributed by atoms with Crippen molar-refractivity contribution in [2.45, 2.75) is 20.3 Å². The number of aromatic amines is 1. The van der Waals surface area contributed by atoms with Crippen LogP contribution in [0.3, 0.4) is 0 Å². The molecule has 0 aliphatic rings. The number of benzene rings is 1. The molecule has 0 saturated heterocycles. The van der Waals surface area contributed by atoms with E-state index >= 15 is 0 Å². The van der Waals surface area contributed by atoms with E-state index in [1.54, 1.807) is 13.8 Å². The molecule has 8 heteroatoms. The van der Waals surface area contributed by atoms with Gasteiger partial charge in [0.15, 0.2) is 0 Å². The van der Waals surface area contributed by atoms with Crippen molar-refractivity contribution in [1.29, 1.82) is 0 Å². The Balaban J connectivity index is 2.77. The molecule has 1 N–H and O–H groups in total. The van der Waals surface area contributed by atoms with Crippen molar-refractivity contribution in [2.24, 2.45) is 0 Å². The summed E-state index contributed by atoms with van der Waals surface area (Å²) < 4.78 is 0.934. The van der Waals surface area contributed by atoms with Gasteiger partial charge in [-0.1, -0.05) is 18.5 Å². The van der Waals surface area contributed by atoms with E-state index in [0.717, 1.165) is 4.57 Å². The highest BCUT2D eigenvalue weighted by molar-refractivity contribution is 6.30. The van der Waals surface area contributed by atoms with E-state index in [4.69, 9.17) is 11.6 Å². The van der Waals surface area contributed by atoms with Crippen LogP contribution in [-0.4, -0.2) is 14.5 Å². The zero-order valence-electron chi connectivity index (χ0n) is 11.3. The number of H-pyrrole nitrogens is 1. The lowest BCUT2D eigenvalue weighted by atomic mass is 10.1. The molecule has 0 amide bonds. The Morgan fingerprint density at radius 2 is 2.05 bits per heavy atom. The molecule has 0 fully saturated rings. The molecule has 2 rings (SSSR count). The van der Waals surface area contributed by atoms with Crippen LogP contribution in [0.5, 0.6) is 0 Å². The number of nitrogens with one attached hydrogen (secondary N) is 1. The average Bonchev–Trinajstić information content (AvgIpc) is 2.40. The van der Waals surface area contributed by atoms with Gasteiger partial charge in [0.25, 0.3) is 11.2 Å². The predicted octanol–water partition coefficient (Wildman–Crippen LogP) is 1.96. The van der Waals surface area contributed by atoms with Crippen LogP contribution < -0.4 is 11.2 Å². The number of aromatic nitrogens is 2. The third-order valence-electron chi connectivity index (χ3n) is 3.13. The lowest BCUT2D eigenvalue weighted by Crippen LogP contribution is -2.36. The number of non-ortho nitro benzene ring substituents is 1. The number of nitrogens with zero attached hydrogens (tertiary/aromatic N) is 2. The van der Waals surface area contributed by atoms with Crippen LogP contribution >= 0.6 is 11.6 Å². The summed E-state index contributed by atoms with van der Waals surface area (Å²) in [7, 11) is 0. The zero-order chi connectivity index (χ0) is 15.7. The molecular weight excluding hydrogens is 298 g/mol. The molecule has 110 valence electrons. The minimum Gasteiger partial charge on any atom is -0.297 e. The van der Waals surface area contributed by atoms with Crippen molar-refractivity contribution < 1.29 is 4.92 Å². The highest BCUT2D eigenvalue weighted by atomic mass is 35.5. The Labute approximate surface area is 124 Å². The molecule has 0 spiro atoms. The summed E-state index contributed by atoms with van der Waals surface area (Å²) in [5, 5.41) is 10.7. The summed E-state index contributed by atoms with van der Waals surface area (Å²) in [6, 6.07) is 3.92. The van der Waals surface area contributed by atoms with Crippen LogP contribution in [0.2, 0.25) is 5.15 Å². The molecule has 0 radical (unpaired) electrons. The van der Waals surface area contributed by atoms with E-state index < -0.39 is 16.2 Å². The third kappa shape index (κ3) is 2.59. The highest BCUT2D eigenvalue weighted by Crippen LogP contribution is 2.19. The monoisotopic (exact) mass is 309 g/mol. The molecule has 0 bridgehead atoms. The molecule has 0 saturated carbocycles. The summed E-state index contributed by atoms with van der Waals surface area (Å²) in [5.74, 6) is 0. The molecule has 0 aliphatic carbocycles. The smallest absolute Gasteiger partial charge is 0.297 e. The van der Waals surface area contributed by atoms with Crippen LogP contribution in [0.25, 0.3) is 5.69 Å². The maximum atomic E-state index is 12.3. The first-order chi connectivity index (χ1) is 9.86. The van der Waals surface area contributed by atoms with Gasteiger partial charge in [-0.05, 0) is 25.0 Å². The van der Waals surface area contributed by atoms with Crippen LogP contribution in [0.1, 0.15) is 18.1 Å². The standard InChI is InChI=1S/C13H12ClN3O4/c1-3-9-11(14)15-13(19)16(12(9)18)10-5-4-8(17(20)21)6-7(10)2/h4-6H,3H2,1-2H3,(H,15,19). The fraction of sp³-hybridized carbons (Fsp3) is 0.231. The van der Waals surface area contributed by atoms with Gasteiger partial charge in [0.05, 0.1) is 16.2 Å². The number of hydrogen-bond acceptors (Lipinski definition) is 4. The van der Waals surface area contributed by atoms with Crippen molar-refractivity contribution in [1.82, 2.24) is 9.55 Å². The van der Waals surface area contributed by atoms with Gasteiger partial charge in [-0.25, -0.2) is 9.36 Å². The van der Waals surface area contributed by atoms with E-state index in [-0.39, 0.29) is 16.4 Å². The number of nitro benzene ring substituents is 1. The van der Waals surface area contributed by atoms with Crippen LogP contribution in [0, 0.1) is 17.0 Å². The number of hydrogen-bond donors (Lipinski definition) is 1. The molecule has 21 heavy (non-hydrogen) atoms. The predicted molar refractivity (Wildman–Crippen MR) is 78.4 cm³/mol. The quantitative estimate of drug-likeness (QED) is 0.532. The molecule has 0 aliphatic heterocycles. The van der Waals surface area contributed by atoms with Gasteiger partial charge in [0.2, 0.25) is 0 Å². The van der Waals surface area contributed by atoms with Gasteiger partial charge in [0.1, 0.15) is 5.15 Å². The van der Waals surface area contributed by atoms with E-state index in [0.29, 0.717) is 17.7 Å². The first-order valence-electron chi connectivity index (χ1n) is 6.16. The molecule has 2 aromatic rings. The van der Waals surface area contributed by atoms with Crippen molar-refractivity contribution in [3.63, 3.8) is 0 Å². The van der Waals surface area contributed by atoms with Gasteiger partial charge in [0, 0.05) is 12.1 Å². The molecular formula is C13H12ClN3O4. The van der Waals surface area contributed by atoms with Crippen molar-refractivity contribution in [2.75, 3.05) is 0 Å². The molecule has 0 atom stereocenters. The second-order valence-corrected chi connectivity index (χ2v) is 4.82. The van der Waals surface area contributed by atoms with Crippen LogP contribution in [0.15, 0.2) is 27.8 Å². The summed E-state index contributed by atoms with van der Waals surface area (Å²) in [4.78, 5) is 36.9. The Hall–Kier alpha value is -2.41. The summed E-state index contributed by atoms with van der Waals surface area (Å²) in [6.45, 7) is 3.34. The third-order valence-corrected chi connectivity index (χ3v) is 3.45. The molecule has 1 aromatic carbocycles. The maximum Gasteiger partial charge on any atom is 0.334 e. The summed E-state index contributed by atoms with van der Waals surface area (Å²) >= 11 is 5.84. The normalized spacial score (nSPS) is 10.6. The van der Waals surface area contributed by atoms with E-state index in [1.165, 1.54) is 18.2 Å². The first kappa shape index (κ1) is 15.0. The summed E-state index contributed by atoms with van der Waals surface area (Å²) in [6.07, 6.45) is 0.362. The minimum atomic E-state index is -0.681. The number of rotatable bonds is 3. The van der Waals surface area contributed by atoms with E-state index in [2.05, 4.69) is 4.98 Å². The first-order valence-corrected chi connectivity index (χ1v) is 6.53. The van der Waals surface area contributed by atoms with Crippen molar-refractivity contribution in [3.05, 3.63) is 65.4 Å². The average molecular weight is 310 g/mol. The van der Waals surface area contributed by atoms with E-state index in [9.17, 15) is 19.7 Å². The number of halogens is 1. The Morgan fingerprint density at radius 3 is 2.57 bits per heavy atom. The van der Waals surface area contributed by atoms with Crippen LogP contribution in [0.4, 0.5) is 5.69 Å². The van der Waals surface area contributed by atoms with Gasteiger partial charge in [-0.2, -0.15) is 0 Å². The molecule has 0 unspecified atom stereocenters. The van der Waals surface area contributed by atoms with Crippen LogP contribution in [-0.2, 0) is 6.42 Å². The van der Waals surface area contributed by atoms with Gasteiger partial charge in [-0.3, -0.25) is 19.9 Å². The number of nitro groups is 1.